The van der Waals surface area contributed by atoms with Gasteiger partial charge in [-0.25, -0.2) is 9.18 Å². The lowest BCUT2D eigenvalue weighted by Gasteiger charge is -2.15. The van der Waals surface area contributed by atoms with Gasteiger partial charge < -0.3 is 5.11 Å². The van der Waals surface area contributed by atoms with E-state index in [-0.39, 0.29) is 11.1 Å². The van der Waals surface area contributed by atoms with Crippen LogP contribution < -0.4 is 11.2 Å². The molecule has 118 valence electrons. The van der Waals surface area contributed by atoms with E-state index in [2.05, 4.69) is 0 Å². The fraction of sp³-hybridized carbons (Fsp3) is 0.312. The van der Waals surface area contributed by atoms with Crippen LogP contribution in [0.5, 0.6) is 0 Å². The molecule has 1 atom stereocenters. The predicted octanol–water partition coefficient (Wildman–Crippen LogP) is 0.701. The molecule has 6 nitrogen and oxygen atoms in total. The number of benzene rings is 1. The summed E-state index contributed by atoms with van der Waals surface area (Å²) in [7, 11) is 0. The Morgan fingerprint density at radius 1 is 1.35 bits per heavy atom. The van der Waals surface area contributed by atoms with E-state index < -0.39 is 29.7 Å². The van der Waals surface area contributed by atoms with Crippen molar-refractivity contribution < 1.29 is 9.50 Å². The Kier molecular flexibility index (Phi) is 3.84. The molecule has 1 aromatic heterocycles. The standard InChI is InChI=1S/C16H14FN3O3/c17-12-5-2-1-4-10(12)14(21)9-20-15(22)11(8-18)13-6-3-7-19(13)16(20)23/h1-2,4-5,14,21H,3,6-7,9H2/t14-/m0/s1. The number of rotatable bonds is 3. The van der Waals surface area contributed by atoms with Gasteiger partial charge in [-0.1, -0.05) is 18.2 Å². The lowest BCUT2D eigenvalue weighted by atomic mass is 10.1. The van der Waals surface area contributed by atoms with E-state index in [1.807, 2.05) is 6.07 Å². The molecule has 0 saturated carbocycles. The maximum atomic E-state index is 13.7. The van der Waals surface area contributed by atoms with Crippen molar-refractivity contribution in [2.45, 2.75) is 32.0 Å². The van der Waals surface area contributed by atoms with Gasteiger partial charge in [0.25, 0.3) is 5.56 Å². The quantitative estimate of drug-likeness (QED) is 0.903. The Morgan fingerprint density at radius 2 is 2.09 bits per heavy atom. The van der Waals surface area contributed by atoms with Crippen LogP contribution in [0.3, 0.4) is 0 Å². The Bertz CT molecular complexity index is 924. The van der Waals surface area contributed by atoms with Gasteiger partial charge in [0.05, 0.1) is 12.6 Å². The van der Waals surface area contributed by atoms with Crippen molar-refractivity contribution in [2.24, 2.45) is 0 Å². The van der Waals surface area contributed by atoms with Crippen LogP contribution in [0.2, 0.25) is 0 Å². The largest absolute Gasteiger partial charge is 0.386 e. The maximum absolute atomic E-state index is 13.7. The molecule has 0 aliphatic carbocycles. The van der Waals surface area contributed by atoms with Crippen molar-refractivity contribution in [1.29, 1.82) is 5.26 Å². The number of nitriles is 1. The van der Waals surface area contributed by atoms with Gasteiger partial charge >= 0.3 is 5.69 Å². The monoisotopic (exact) mass is 315 g/mol. The summed E-state index contributed by atoms with van der Waals surface area (Å²) in [4.78, 5) is 24.8. The minimum absolute atomic E-state index is 0.00260. The summed E-state index contributed by atoms with van der Waals surface area (Å²) < 4.78 is 15.9. The molecule has 1 N–H and O–H groups in total. The van der Waals surface area contributed by atoms with Gasteiger partial charge in [0.2, 0.25) is 0 Å². The Labute approximate surface area is 130 Å². The van der Waals surface area contributed by atoms with Gasteiger partial charge in [-0.15, -0.1) is 0 Å². The number of aliphatic hydroxyl groups excluding tert-OH is 1. The van der Waals surface area contributed by atoms with E-state index in [0.717, 1.165) is 4.57 Å². The third-order valence-corrected chi connectivity index (χ3v) is 4.06. The first-order valence-electron chi connectivity index (χ1n) is 7.23. The second-order valence-corrected chi connectivity index (χ2v) is 5.42. The first-order chi connectivity index (χ1) is 11.0. The van der Waals surface area contributed by atoms with Crippen LogP contribution in [0.4, 0.5) is 4.39 Å². The molecule has 0 bridgehead atoms. The van der Waals surface area contributed by atoms with Gasteiger partial charge in [-0.3, -0.25) is 13.9 Å². The molecule has 2 aromatic rings. The summed E-state index contributed by atoms with van der Waals surface area (Å²) in [5.74, 6) is -0.616. The van der Waals surface area contributed by atoms with E-state index in [1.54, 1.807) is 6.07 Å². The Hall–Kier alpha value is -2.72. The number of nitrogens with zero attached hydrogens (tertiary/aromatic N) is 3. The minimum atomic E-state index is -1.35. The molecular weight excluding hydrogens is 301 g/mol. The van der Waals surface area contributed by atoms with Crippen LogP contribution in [-0.4, -0.2) is 14.2 Å². The highest BCUT2D eigenvalue weighted by molar-refractivity contribution is 5.33. The molecular formula is C16H14FN3O3. The summed E-state index contributed by atoms with van der Waals surface area (Å²) in [6.07, 6.45) is -0.166. The number of fused-ring (bicyclic) bond motifs is 1. The first kappa shape index (κ1) is 15.2. The van der Waals surface area contributed by atoms with E-state index in [1.165, 1.54) is 22.8 Å². The van der Waals surface area contributed by atoms with Crippen molar-refractivity contribution in [3.8, 4) is 6.07 Å². The second-order valence-electron chi connectivity index (χ2n) is 5.42. The molecule has 0 unspecified atom stereocenters. The molecule has 1 aliphatic heterocycles. The van der Waals surface area contributed by atoms with Crippen molar-refractivity contribution >= 4 is 0 Å². The van der Waals surface area contributed by atoms with E-state index in [0.29, 0.717) is 25.1 Å². The number of halogens is 1. The number of hydrogen-bond donors (Lipinski definition) is 1. The average molecular weight is 315 g/mol. The summed E-state index contributed by atoms with van der Waals surface area (Å²) in [5.41, 5.74) is -0.942. The van der Waals surface area contributed by atoms with Crippen LogP contribution in [0.15, 0.2) is 33.9 Å². The van der Waals surface area contributed by atoms with Crippen LogP contribution in [0, 0.1) is 17.1 Å². The lowest BCUT2D eigenvalue weighted by molar-refractivity contribution is 0.148. The molecule has 0 radical (unpaired) electrons. The van der Waals surface area contributed by atoms with E-state index in [4.69, 9.17) is 0 Å². The van der Waals surface area contributed by atoms with E-state index in [9.17, 15) is 24.3 Å². The van der Waals surface area contributed by atoms with E-state index >= 15 is 0 Å². The van der Waals surface area contributed by atoms with Gasteiger partial charge in [0.1, 0.15) is 17.4 Å². The van der Waals surface area contributed by atoms with Crippen molar-refractivity contribution in [1.82, 2.24) is 9.13 Å². The zero-order valence-electron chi connectivity index (χ0n) is 12.2. The number of hydrogen-bond acceptors (Lipinski definition) is 4. The molecule has 0 amide bonds. The Balaban J connectivity index is 2.08. The number of aliphatic hydroxyl groups is 1. The number of aromatic nitrogens is 2. The minimum Gasteiger partial charge on any atom is -0.386 e. The third kappa shape index (κ3) is 2.47. The molecule has 7 heteroatoms. The molecule has 3 rings (SSSR count). The molecule has 0 spiro atoms. The summed E-state index contributed by atoms with van der Waals surface area (Å²) in [6, 6.07) is 7.46. The van der Waals surface area contributed by atoms with Gasteiger partial charge in [0.15, 0.2) is 0 Å². The molecule has 0 saturated heterocycles. The fourth-order valence-electron chi connectivity index (χ4n) is 2.93. The van der Waals surface area contributed by atoms with Gasteiger partial charge in [0, 0.05) is 17.8 Å². The zero-order chi connectivity index (χ0) is 16.6. The van der Waals surface area contributed by atoms with Crippen molar-refractivity contribution in [3.63, 3.8) is 0 Å². The average Bonchev–Trinajstić information content (AvgIpc) is 3.02. The van der Waals surface area contributed by atoms with Gasteiger partial charge in [-0.05, 0) is 18.9 Å². The highest BCUT2D eigenvalue weighted by Crippen LogP contribution is 2.18. The summed E-state index contributed by atoms with van der Waals surface area (Å²) >= 11 is 0. The Morgan fingerprint density at radius 3 is 2.78 bits per heavy atom. The SMILES string of the molecule is N#Cc1c2n(c(=O)n(C[C@H](O)c3ccccc3F)c1=O)CCC2. The van der Waals surface area contributed by atoms with Crippen molar-refractivity contribution in [3.05, 3.63) is 67.7 Å². The van der Waals surface area contributed by atoms with Crippen LogP contribution >= 0.6 is 0 Å². The molecule has 2 heterocycles. The summed E-state index contributed by atoms with van der Waals surface area (Å²) in [6.45, 7) is 0.0342. The smallest absolute Gasteiger partial charge is 0.331 e. The first-order valence-corrected chi connectivity index (χ1v) is 7.23. The fourth-order valence-corrected chi connectivity index (χ4v) is 2.93. The summed E-state index contributed by atoms with van der Waals surface area (Å²) in [5, 5.41) is 19.4. The van der Waals surface area contributed by atoms with Crippen LogP contribution in [0.1, 0.15) is 29.3 Å². The molecule has 0 fully saturated rings. The van der Waals surface area contributed by atoms with Gasteiger partial charge in [-0.2, -0.15) is 5.26 Å². The van der Waals surface area contributed by atoms with Crippen LogP contribution in [0.25, 0.3) is 0 Å². The normalized spacial score (nSPS) is 14.3. The highest BCUT2D eigenvalue weighted by atomic mass is 19.1. The second kappa shape index (κ2) is 5.82. The maximum Gasteiger partial charge on any atom is 0.331 e. The predicted molar refractivity (Wildman–Crippen MR) is 79.4 cm³/mol. The molecule has 1 aromatic carbocycles. The third-order valence-electron chi connectivity index (χ3n) is 4.06. The van der Waals surface area contributed by atoms with Crippen molar-refractivity contribution in [2.75, 3.05) is 0 Å². The topological polar surface area (TPSA) is 88.0 Å². The molecule has 1 aliphatic rings. The zero-order valence-corrected chi connectivity index (χ0v) is 12.2. The highest BCUT2D eigenvalue weighted by Gasteiger charge is 2.24. The lowest BCUT2D eigenvalue weighted by Crippen LogP contribution is -2.42. The van der Waals surface area contributed by atoms with Crippen LogP contribution in [-0.2, 0) is 19.5 Å². The molecule has 23 heavy (non-hydrogen) atoms.